The number of anilines is 1. The second kappa shape index (κ2) is 5.98. The Kier molecular flexibility index (Phi) is 4.56. The maximum absolute atomic E-state index is 11.4. The van der Waals surface area contributed by atoms with E-state index in [0.29, 0.717) is 24.3 Å². The molecule has 1 rings (SSSR count). The zero-order valence-electron chi connectivity index (χ0n) is 8.44. The molecule has 0 bridgehead atoms. The van der Waals surface area contributed by atoms with Crippen molar-refractivity contribution in [2.75, 3.05) is 18.9 Å². The van der Waals surface area contributed by atoms with E-state index in [2.05, 4.69) is 10.3 Å². The van der Waals surface area contributed by atoms with E-state index in [1.165, 1.54) is 6.20 Å². The van der Waals surface area contributed by atoms with E-state index in [-0.39, 0.29) is 12.5 Å². The van der Waals surface area contributed by atoms with Crippen LogP contribution in [0.5, 0.6) is 0 Å². The van der Waals surface area contributed by atoms with Crippen LogP contribution in [0, 0.1) is 0 Å². The number of hydrogen-bond acceptors (Lipinski definition) is 4. The summed E-state index contributed by atoms with van der Waals surface area (Å²) in [4.78, 5) is 15.3. The number of hydrogen-bond donors (Lipinski definition) is 3. The van der Waals surface area contributed by atoms with E-state index in [0.717, 1.165) is 6.42 Å². The minimum Gasteiger partial charge on any atom is -0.397 e. The highest BCUT2D eigenvalue weighted by atomic mass is 16.2. The lowest BCUT2D eigenvalue weighted by Gasteiger charge is -2.03. The van der Waals surface area contributed by atoms with Gasteiger partial charge < -0.3 is 16.2 Å². The Morgan fingerprint density at radius 2 is 2.27 bits per heavy atom. The van der Waals surface area contributed by atoms with Crippen LogP contribution >= 0.6 is 0 Å². The van der Waals surface area contributed by atoms with Crippen LogP contribution in [0.4, 0.5) is 5.69 Å². The molecule has 0 aromatic carbocycles. The van der Waals surface area contributed by atoms with E-state index in [4.69, 9.17) is 10.8 Å². The topological polar surface area (TPSA) is 88.2 Å². The van der Waals surface area contributed by atoms with Gasteiger partial charge in [-0.3, -0.25) is 4.79 Å². The average molecular weight is 209 g/mol. The van der Waals surface area contributed by atoms with Gasteiger partial charge in [-0.05, 0) is 25.0 Å². The first-order chi connectivity index (χ1) is 7.24. The lowest BCUT2D eigenvalue weighted by Crippen LogP contribution is -2.25. The molecule has 1 amide bonds. The Bertz CT molecular complexity index is 311. The van der Waals surface area contributed by atoms with Gasteiger partial charge >= 0.3 is 0 Å². The van der Waals surface area contributed by atoms with E-state index < -0.39 is 0 Å². The average Bonchev–Trinajstić information content (AvgIpc) is 2.25. The lowest BCUT2D eigenvalue weighted by atomic mass is 10.3. The van der Waals surface area contributed by atoms with Gasteiger partial charge in [0.2, 0.25) is 0 Å². The molecule has 0 aliphatic rings. The highest BCUT2D eigenvalue weighted by Crippen LogP contribution is 2.00. The first-order valence-electron chi connectivity index (χ1n) is 4.84. The SMILES string of the molecule is Nc1ccc(C(=O)NCCCCO)nc1. The molecule has 5 nitrogen and oxygen atoms in total. The van der Waals surface area contributed by atoms with Gasteiger partial charge in [0.05, 0.1) is 11.9 Å². The van der Waals surface area contributed by atoms with Crippen LogP contribution in [-0.2, 0) is 0 Å². The van der Waals surface area contributed by atoms with Gasteiger partial charge in [0.1, 0.15) is 5.69 Å². The quantitative estimate of drug-likeness (QED) is 0.603. The summed E-state index contributed by atoms with van der Waals surface area (Å²) in [6, 6.07) is 3.21. The number of rotatable bonds is 5. The number of carbonyl (C=O) groups is 1. The van der Waals surface area contributed by atoms with Gasteiger partial charge in [0, 0.05) is 13.2 Å². The Morgan fingerprint density at radius 3 is 2.87 bits per heavy atom. The summed E-state index contributed by atoms with van der Waals surface area (Å²) in [6.07, 6.45) is 2.90. The first kappa shape index (κ1) is 11.5. The molecule has 0 unspecified atom stereocenters. The summed E-state index contributed by atoms with van der Waals surface area (Å²) in [5, 5.41) is 11.2. The normalized spacial score (nSPS) is 9.93. The molecule has 1 heterocycles. The highest BCUT2D eigenvalue weighted by Gasteiger charge is 2.04. The third kappa shape index (κ3) is 3.95. The second-order valence-electron chi connectivity index (χ2n) is 3.16. The fourth-order valence-electron chi connectivity index (χ4n) is 1.07. The predicted octanol–water partition coefficient (Wildman–Crippen LogP) is 0.166. The van der Waals surface area contributed by atoms with Gasteiger partial charge in [0.15, 0.2) is 0 Å². The molecule has 15 heavy (non-hydrogen) atoms. The third-order valence-corrected chi connectivity index (χ3v) is 1.89. The summed E-state index contributed by atoms with van der Waals surface area (Å²) in [5.74, 6) is -0.215. The van der Waals surface area contributed by atoms with Gasteiger partial charge in [-0.1, -0.05) is 0 Å². The van der Waals surface area contributed by atoms with E-state index >= 15 is 0 Å². The second-order valence-corrected chi connectivity index (χ2v) is 3.16. The van der Waals surface area contributed by atoms with Crippen molar-refractivity contribution in [3.63, 3.8) is 0 Å². The standard InChI is InChI=1S/C10H15N3O2/c11-8-3-4-9(13-7-8)10(15)12-5-1-2-6-14/h3-4,7,14H,1-2,5-6,11H2,(H,12,15). The number of nitrogens with one attached hydrogen (secondary N) is 1. The van der Waals surface area contributed by atoms with Crippen molar-refractivity contribution in [1.82, 2.24) is 10.3 Å². The van der Waals surface area contributed by atoms with Gasteiger partial charge in [-0.25, -0.2) is 4.98 Å². The zero-order chi connectivity index (χ0) is 11.1. The molecular formula is C10H15N3O2. The molecule has 5 heteroatoms. The molecule has 0 saturated carbocycles. The van der Waals surface area contributed by atoms with Gasteiger partial charge in [0.25, 0.3) is 5.91 Å². The molecule has 0 atom stereocenters. The van der Waals surface area contributed by atoms with Crippen molar-refractivity contribution in [2.45, 2.75) is 12.8 Å². The van der Waals surface area contributed by atoms with Crippen molar-refractivity contribution < 1.29 is 9.90 Å². The van der Waals surface area contributed by atoms with E-state index in [1.807, 2.05) is 0 Å². The van der Waals surface area contributed by atoms with Crippen molar-refractivity contribution in [3.05, 3.63) is 24.0 Å². The number of aliphatic hydroxyl groups excluding tert-OH is 1. The van der Waals surface area contributed by atoms with Crippen LogP contribution in [0.2, 0.25) is 0 Å². The van der Waals surface area contributed by atoms with Crippen LogP contribution in [0.15, 0.2) is 18.3 Å². The first-order valence-corrected chi connectivity index (χ1v) is 4.84. The summed E-state index contributed by atoms with van der Waals surface area (Å²) in [7, 11) is 0. The fraction of sp³-hybridized carbons (Fsp3) is 0.400. The number of amides is 1. The van der Waals surface area contributed by atoms with Crippen molar-refractivity contribution >= 4 is 11.6 Å². The Balaban J connectivity index is 2.37. The molecule has 82 valence electrons. The van der Waals surface area contributed by atoms with Crippen molar-refractivity contribution in [3.8, 4) is 0 Å². The van der Waals surface area contributed by atoms with Crippen LogP contribution in [0.25, 0.3) is 0 Å². The minimum atomic E-state index is -0.215. The summed E-state index contributed by atoms with van der Waals surface area (Å²) in [6.45, 7) is 0.696. The summed E-state index contributed by atoms with van der Waals surface area (Å²) >= 11 is 0. The molecule has 0 spiro atoms. The zero-order valence-corrected chi connectivity index (χ0v) is 8.44. The van der Waals surface area contributed by atoms with Crippen LogP contribution < -0.4 is 11.1 Å². The Labute approximate surface area is 88.3 Å². The minimum absolute atomic E-state index is 0.149. The number of aromatic nitrogens is 1. The molecule has 0 fully saturated rings. The number of aliphatic hydroxyl groups is 1. The number of nitrogens with two attached hydrogens (primary N) is 1. The molecule has 0 aliphatic heterocycles. The largest absolute Gasteiger partial charge is 0.397 e. The number of unbranched alkanes of at least 4 members (excludes halogenated alkanes) is 1. The van der Waals surface area contributed by atoms with Gasteiger partial charge in [-0.2, -0.15) is 0 Å². The monoisotopic (exact) mass is 209 g/mol. The highest BCUT2D eigenvalue weighted by molar-refractivity contribution is 5.92. The Morgan fingerprint density at radius 1 is 1.47 bits per heavy atom. The van der Waals surface area contributed by atoms with Crippen LogP contribution in [0.1, 0.15) is 23.3 Å². The van der Waals surface area contributed by atoms with Crippen molar-refractivity contribution in [2.24, 2.45) is 0 Å². The van der Waals surface area contributed by atoms with E-state index in [9.17, 15) is 4.79 Å². The predicted molar refractivity (Wildman–Crippen MR) is 57.3 cm³/mol. The maximum Gasteiger partial charge on any atom is 0.269 e. The lowest BCUT2D eigenvalue weighted by molar-refractivity contribution is 0.0947. The molecule has 0 saturated heterocycles. The number of carbonyl (C=O) groups excluding carboxylic acids is 1. The maximum atomic E-state index is 11.4. The Hall–Kier alpha value is -1.62. The molecule has 1 aromatic heterocycles. The summed E-state index contributed by atoms with van der Waals surface area (Å²) in [5.41, 5.74) is 6.33. The molecule has 0 radical (unpaired) electrons. The molecular weight excluding hydrogens is 194 g/mol. The fourth-order valence-corrected chi connectivity index (χ4v) is 1.07. The molecule has 1 aromatic rings. The molecule has 0 aliphatic carbocycles. The smallest absolute Gasteiger partial charge is 0.269 e. The molecule has 4 N–H and O–H groups in total. The van der Waals surface area contributed by atoms with Gasteiger partial charge in [-0.15, -0.1) is 0 Å². The van der Waals surface area contributed by atoms with Crippen LogP contribution in [-0.4, -0.2) is 29.1 Å². The van der Waals surface area contributed by atoms with E-state index in [1.54, 1.807) is 12.1 Å². The number of nitrogens with zero attached hydrogens (tertiary/aromatic N) is 1. The number of pyridine rings is 1. The summed E-state index contributed by atoms with van der Waals surface area (Å²) < 4.78 is 0. The van der Waals surface area contributed by atoms with Crippen LogP contribution in [0.3, 0.4) is 0 Å². The van der Waals surface area contributed by atoms with Crippen molar-refractivity contribution in [1.29, 1.82) is 0 Å². The number of nitrogen functional groups attached to an aromatic ring is 1. The third-order valence-electron chi connectivity index (χ3n) is 1.89.